The molecule has 1 aromatic carbocycles. The first kappa shape index (κ1) is 16.9. The topological polar surface area (TPSA) is 67.4 Å². The van der Waals surface area contributed by atoms with Crippen molar-refractivity contribution >= 4 is 15.7 Å². The van der Waals surface area contributed by atoms with Crippen LogP contribution in [0.5, 0.6) is 0 Å². The first-order valence-corrected chi connectivity index (χ1v) is 8.24. The van der Waals surface area contributed by atoms with Crippen LogP contribution in [0, 0.1) is 13.8 Å². The number of ether oxygens (including phenoxy) is 1. The third-order valence-electron chi connectivity index (χ3n) is 2.93. The Morgan fingerprint density at radius 3 is 2.30 bits per heavy atom. The summed E-state index contributed by atoms with van der Waals surface area (Å²) >= 11 is 0. The highest BCUT2D eigenvalue weighted by molar-refractivity contribution is 7.89. The lowest BCUT2D eigenvalue weighted by atomic mass is 10.1. The van der Waals surface area contributed by atoms with Crippen LogP contribution in [-0.2, 0) is 14.8 Å². The molecule has 2 N–H and O–H groups in total. The Hall–Kier alpha value is -1.11. The second kappa shape index (κ2) is 7.61. The van der Waals surface area contributed by atoms with E-state index in [1.165, 1.54) is 0 Å². The van der Waals surface area contributed by atoms with Gasteiger partial charge in [0.25, 0.3) is 0 Å². The Morgan fingerprint density at radius 1 is 1.20 bits per heavy atom. The molecule has 0 aliphatic rings. The summed E-state index contributed by atoms with van der Waals surface area (Å²) in [6.45, 7) is 7.37. The first-order chi connectivity index (χ1) is 9.42. The van der Waals surface area contributed by atoms with Gasteiger partial charge in [0.2, 0.25) is 10.0 Å². The molecular formula is C14H24N2O3S. The van der Waals surface area contributed by atoms with E-state index in [1.807, 2.05) is 32.9 Å². The van der Waals surface area contributed by atoms with E-state index in [4.69, 9.17) is 4.74 Å². The molecule has 5 nitrogen and oxygen atoms in total. The Kier molecular flexibility index (Phi) is 6.45. The fourth-order valence-electron chi connectivity index (χ4n) is 2.18. The van der Waals surface area contributed by atoms with Crippen LogP contribution in [0.15, 0.2) is 17.0 Å². The van der Waals surface area contributed by atoms with Crippen LogP contribution in [-0.4, -0.2) is 35.2 Å². The number of methoxy groups -OCH3 is 1. The molecule has 20 heavy (non-hydrogen) atoms. The van der Waals surface area contributed by atoms with Gasteiger partial charge in [0.05, 0.1) is 4.90 Å². The largest absolute Gasteiger partial charge is 0.385 e. The first-order valence-electron chi connectivity index (χ1n) is 6.76. The minimum Gasteiger partial charge on any atom is -0.385 e. The van der Waals surface area contributed by atoms with E-state index in [0.29, 0.717) is 24.5 Å². The molecule has 0 saturated carbocycles. The van der Waals surface area contributed by atoms with E-state index >= 15 is 0 Å². The van der Waals surface area contributed by atoms with E-state index in [2.05, 4.69) is 10.0 Å². The van der Waals surface area contributed by atoms with Crippen LogP contribution in [0.2, 0.25) is 0 Å². The van der Waals surface area contributed by atoms with E-state index in [-0.39, 0.29) is 0 Å². The normalized spacial score (nSPS) is 11.6. The van der Waals surface area contributed by atoms with Gasteiger partial charge in [0.1, 0.15) is 0 Å². The van der Waals surface area contributed by atoms with Gasteiger partial charge >= 0.3 is 0 Å². The maximum absolute atomic E-state index is 12.3. The molecule has 0 fully saturated rings. The Labute approximate surface area is 121 Å². The van der Waals surface area contributed by atoms with Crippen molar-refractivity contribution in [2.45, 2.75) is 32.1 Å². The predicted molar refractivity (Wildman–Crippen MR) is 81.8 cm³/mol. The molecule has 0 saturated heterocycles. The lowest BCUT2D eigenvalue weighted by molar-refractivity contribution is 0.196. The molecule has 114 valence electrons. The predicted octanol–water partition coefficient (Wildman–Crippen LogP) is 2.05. The molecule has 0 aliphatic carbocycles. The number of sulfonamides is 1. The quantitative estimate of drug-likeness (QED) is 0.721. The van der Waals surface area contributed by atoms with Crippen molar-refractivity contribution < 1.29 is 13.2 Å². The fourth-order valence-corrected chi connectivity index (χ4v) is 3.70. The van der Waals surface area contributed by atoms with Crippen LogP contribution in [0.25, 0.3) is 0 Å². The molecule has 0 unspecified atom stereocenters. The van der Waals surface area contributed by atoms with Gasteiger partial charge in [-0.3, -0.25) is 0 Å². The van der Waals surface area contributed by atoms with E-state index < -0.39 is 10.0 Å². The fraction of sp³-hybridized carbons (Fsp3) is 0.571. The molecule has 1 rings (SSSR count). The van der Waals surface area contributed by atoms with Crippen molar-refractivity contribution in [1.29, 1.82) is 0 Å². The molecule has 0 spiro atoms. The highest BCUT2D eigenvalue weighted by Crippen LogP contribution is 2.24. The summed E-state index contributed by atoms with van der Waals surface area (Å²) in [4.78, 5) is 0.372. The zero-order valence-corrected chi connectivity index (χ0v) is 13.4. The van der Waals surface area contributed by atoms with Gasteiger partial charge < -0.3 is 10.1 Å². The van der Waals surface area contributed by atoms with Gasteiger partial charge in [0, 0.05) is 32.5 Å². The van der Waals surface area contributed by atoms with Crippen molar-refractivity contribution in [1.82, 2.24) is 4.72 Å². The molecule has 0 atom stereocenters. The summed E-state index contributed by atoms with van der Waals surface area (Å²) in [5, 5.41) is 3.20. The average molecular weight is 300 g/mol. The summed E-state index contributed by atoms with van der Waals surface area (Å²) < 4.78 is 32.2. The number of anilines is 1. The molecular weight excluding hydrogens is 276 g/mol. The second-order valence-corrected chi connectivity index (χ2v) is 6.42. The average Bonchev–Trinajstić information content (AvgIpc) is 2.34. The highest BCUT2D eigenvalue weighted by Gasteiger charge is 2.19. The number of aryl methyl sites for hydroxylation is 2. The number of rotatable bonds is 8. The third kappa shape index (κ3) is 4.47. The number of benzene rings is 1. The van der Waals surface area contributed by atoms with Crippen LogP contribution in [0.4, 0.5) is 5.69 Å². The molecule has 0 bridgehead atoms. The number of hydrogen-bond donors (Lipinski definition) is 2. The smallest absolute Gasteiger partial charge is 0.241 e. The second-order valence-electron chi connectivity index (χ2n) is 4.71. The van der Waals surface area contributed by atoms with Gasteiger partial charge in [-0.2, -0.15) is 0 Å². The van der Waals surface area contributed by atoms with Crippen LogP contribution < -0.4 is 10.0 Å². The Bertz CT molecular complexity index is 518. The van der Waals surface area contributed by atoms with Crippen LogP contribution >= 0.6 is 0 Å². The van der Waals surface area contributed by atoms with Crippen molar-refractivity contribution in [3.8, 4) is 0 Å². The van der Waals surface area contributed by atoms with Gasteiger partial charge in [0.15, 0.2) is 0 Å². The van der Waals surface area contributed by atoms with Gasteiger partial charge in [-0.25, -0.2) is 13.1 Å². The van der Waals surface area contributed by atoms with Gasteiger partial charge in [-0.05, 0) is 50.5 Å². The standard InChI is InChI=1S/C14H24N2O3S/c1-5-15-13-9-11(2)14(12(3)10-13)20(17,18)16-7-6-8-19-4/h9-10,15-16H,5-8H2,1-4H3. The number of nitrogens with one attached hydrogen (secondary N) is 2. The van der Waals surface area contributed by atoms with E-state index in [1.54, 1.807) is 7.11 Å². The molecule has 0 aliphatic heterocycles. The summed E-state index contributed by atoms with van der Waals surface area (Å²) in [6.07, 6.45) is 0.656. The molecule has 0 amide bonds. The Balaban J connectivity index is 2.94. The van der Waals surface area contributed by atoms with E-state index in [9.17, 15) is 8.42 Å². The zero-order valence-electron chi connectivity index (χ0n) is 12.6. The maximum Gasteiger partial charge on any atom is 0.241 e. The van der Waals surface area contributed by atoms with Crippen LogP contribution in [0.1, 0.15) is 24.5 Å². The van der Waals surface area contributed by atoms with Gasteiger partial charge in [-0.15, -0.1) is 0 Å². The summed E-state index contributed by atoms with van der Waals surface area (Å²) in [7, 11) is -1.87. The van der Waals surface area contributed by atoms with Crippen molar-refractivity contribution in [2.75, 3.05) is 32.1 Å². The summed E-state index contributed by atoms with van der Waals surface area (Å²) in [5.74, 6) is 0. The summed E-state index contributed by atoms with van der Waals surface area (Å²) in [6, 6.07) is 3.72. The third-order valence-corrected chi connectivity index (χ3v) is 4.69. The van der Waals surface area contributed by atoms with Crippen molar-refractivity contribution in [3.05, 3.63) is 23.3 Å². The molecule has 6 heteroatoms. The Morgan fingerprint density at radius 2 is 1.80 bits per heavy atom. The SMILES string of the molecule is CCNc1cc(C)c(S(=O)(=O)NCCCOC)c(C)c1. The minimum atomic E-state index is -3.47. The zero-order chi connectivity index (χ0) is 15.2. The maximum atomic E-state index is 12.3. The van der Waals surface area contributed by atoms with Gasteiger partial charge in [-0.1, -0.05) is 0 Å². The highest BCUT2D eigenvalue weighted by atomic mass is 32.2. The molecule has 0 aromatic heterocycles. The monoisotopic (exact) mass is 300 g/mol. The van der Waals surface area contributed by atoms with Crippen LogP contribution in [0.3, 0.4) is 0 Å². The summed E-state index contributed by atoms with van der Waals surface area (Å²) in [5.41, 5.74) is 2.45. The molecule has 0 radical (unpaired) electrons. The van der Waals surface area contributed by atoms with Crippen molar-refractivity contribution in [3.63, 3.8) is 0 Å². The number of hydrogen-bond acceptors (Lipinski definition) is 4. The van der Waals surface area contributed by atoms with Crippen molar-refractivity contribution in [2.24, 2.45) is 0 Å². The molecule has 1 aromatic rings. The minimum absolute atomic E-state index is 0.372. The lowest BCUT2D eigenvalue weighted by Gasteiger charge is -2.14. The lowest BCUT2D eigenvalue weighted by Crippen LogP contribution is -2.27. The molecule has 0 heterocycles. The van der Waals surface area contributed by atoms with E-state index in [0.717, 1.165) is 23.4 Å².